The third kappa shape index (κ3) is 33.7. The molecule has 0 saturated heterocycles. The summed E-state index contributed by atoms with van der Waals surface area (Å²) in [5.74, 6) is 0. The molecule has 0 aliphatic carbocycles. The molecule has 3 unspecified atom stereocenters. The highest BCUT2D eigenvalue weighted by molar-refractivity contribution is 9.11. The van der Waals surface area contributed by atoms with Crippen molar-refractivity contribution in [3.63, 3.8) is 0 Å². The molecule has 3 nitrogen and oxygen atoms in total. The first-order valence-electron chi connectivity index (χ1n) is 37.5. The van der Waals surface area contributed by atoms with Gasteiger partial charge in [-0.25, -0.2) is 0 Å². The molecule has 0 spiro atoms. The van der Waals surface area contributed by atoms with Gasteiger partial charge in [0.05, 0.1) is 10.2 Å². The van der Waals surface area contributed by atoms with Crippen LogP contribution in [0.3, 0.4) is 0 Å². The SMILES string of the molecule is BrC(c1ccccc1)c1ccc(Cc2ccccc2)cc1.Brc1ccc(Br)cc1.Brc1ccc(Cc2ccccc2)cc1.C(c1ccccc1)=c1ccc(=Cc2ccccc2)cc1.ClC(c1ccccc1)c1ccc(Cc2ccccc2)cc1.O=Cc1ccccc1.O=Cc1ccccc1.OC(c1ccccc1)c1ccc(Br)cc1. The van der Waals surface area contributed by atoms with Crippen LogP contribution < -0.4 is 10.4 Å². The average molecular weight is 1840 g/mol. The Hall–Kier alpha value is -10.8. The highest BCUT2D eigenvalue weighted by Gasteiger charge is 2.12. The van der Waals surface area contributed by atoms with E-state index in [1.54, 1.807) is 24.3 Å². The van der Waals surface area contributed by atoms with E-state index in [1.165, 1.54) is 66.1 Å². The third-order valence-electron chi connectivity index (χ3n) is 17.6. The minimum absolute atomic E-state index is 0.0861. The Morgan fingerprint density at radius 3 is 0.739 bits per heavy atom. The van der Waals surface area contributed by atoms with Gasteiger partial charge in [0, 0.05) is 29.0 Å². The lowest BCUT2D eigenvalue weighted by Gasteiger charge is -2.11. The van der Waals surface area contributed by atoms with Crippen molar-refractivity contribution in [1.82, 2.24) is 0 Å². The molecule has 572 valence electrons. The summed E-state index contributed by atoms with van der Waals surface area (Å²) in [6, 6.07) is 151. The van der Waals surface area contributed by atoms with Crippen LogP contribution in [0.25, 0.3) is 12.2 Å². The second-order valence-corrected chi connectivity index (χ2v) is 31.3. The number of alkyl halides is 2. The molecule has 0 heterocycles. The first-order chi connectivity index (χ1) is 56.3. The fourth-order valence-corrected chi connectivity index (χ4v) is 13.4. The molecular weight excluding hydrogens is 1760 g/mol. The quantitative estimate of drug-likeness (QED) is 0.0775. The Kier molecular flexibility index (Phi) is 39.2. The molecule has 0 radical (unpaired) electrons. The molecule has 0 aliphatic rings. The predicted molar refractivity (Wildman–Crippen MR) is 502 cm³/mol. The van der Waals surface area contributed by atoms with Crippen LogP contribution in [0.15, 0.2) is 467 Å². The maximum atomic E-state index is 10.1. The molecule has 16 rings (SSSR count). The number of aliphatic hydroxyl groups excluding tert-OH is 1. The van der Waals surface area contributed by atoms with Crippen molar-refractivity contribution in [1.29, 1.82) is 0 Å². The normalized spacial score (nSPS) is 10.8. The number of carbonyl (C=O) groups excluding carboxylic acids is 2. The zero-order valence-corrected chi connectivity index (χ0v) is 72.1. The van der Waals surface area contributed by atoms with Gasteiger partial charge in [-0.2, -0.15) is 0 Å². The summed E-state index contributed by atoms with van der Waals surface area (Å²) >= 11 is 23.8. The summed E-state index contributed by atoms with van der Waals surface area (Å²) in [5, 5.41) is 12.4. The van der Waals surface area contributed by atoms with E-state index in [1.807, 2.05) is 164 Å². The molecule has 0 bridgehead atoms. The van der Waals surface area contributed by atoms with Crippen molar-refractivity contribution >= 4 is 116 Å². The Bertz CT molecular complexity index is 5160. The molecule has 9 heteroatoms. The largest absolute Gasteiger partial charge is 0.384 e. The molecule has 0 fully saturated rings. The molecule has 1 N–H and O–H groups in total. The molecule has 0 aliphatic heterocycles. The lowest BCUT2D eigenvalue weighted by atomic mass is 10.00. The van der Waals surface area contributed by atoms with E-state index in [9.17, 15) is 14.7 Å². The van der Waals surface area contributed by atoms with Crippen molar-refractivity contribution in [2.24, 2.45) is 0 Å². The second kappa shape index (κ2) is 51.2. The molecule has 0 aromatic heterocycles. The van der Waals surface area contributed by atoms with Crippen molar-refractivity contribution < 1.29 is 14.7 Å². The average Bonchev–Trinajstić information content (AvgIpc) is 0.829. The maximum absolute atomic E-state index is 10.1. The molecular formula is C106H88Br5ClO3. The van der Waals surface area contributed by atoms with Gasteiger partial charge in [-0.15, -0.1) is 11.6 Å². The van der Waals surface area contributed by atoms with Gasteiger partial charge in [0.1, 0.15) is 18.7 Å². The summed E-state index contributed by atoms with van der Waals surface area (Å²) in [6.07, 6.45) is 8.45. The van der Waals surface area contributed by atoms with E-state index < -0.39 is 6.10 Å². The fraction of sp³-hybridized carbons (Fsp3) is 0.0566. The lowest BCUT2D eigenvalue weighted by molar-refractivity contribution is 0.111. The highest BCUT2D eigenvalue weighted by Crippen LogP contribution is 2.32. The number of hydrogen-bond donors (Lipinski definition) is 1. The van der Waals surface area contributed by atoms with Gasteiger partial charge >= 0.3 is 0 Å². The first-order valence-corrected chi connectivity index (χ1v) is 42.1. The zero-order chi connectivity index (χ0) is 80.7. The van der Waals surface area contributed by atoms with E-state index in [4.69, 9.17) is 11.6 Å². The Morgan fingerprint density at radius 1 is 0.235 bits per heavy atom. The molecule has 115 heavy (non-hydrogen) atoms. The summed E-state index contributed by atoms with van der Waals surface area (Å²) in [4.78, 5) is 20.3. The van der Waals surface area contributed by atoms with Gasteiger partial charge in [-0.05, 0) is 168 Å². The maximum Gasteiger partial charge on any atom is 0.150 e. The standard InChI is InChI=1S/C20H17Br.C20H17Cl.C20H16.C13H11BrO.C13H11Br.2C7H6O.C6H4Br2/c2*21-20(18-9-5-2-6-10-18)19-13-11-17(12-14-19)15-16-7-3-1-4-8-16;1-3-7-17(8-4-1)15-19-11-13-20(14-12-19)16-18-9-5-2-6-10-18;14-12-8-6-11(7-9-12)13(15)10-4-2-1-3-5-10;14-13-8-6-12(7-9-13)10-11-4-2-1-3-5-11;2*8-6-7-4-2-1-3-5-7;7-5-1-2-6(8)4-3-5/h2*1-14,20H,15H2;1-16H;1-9,13,15H;1-9H,10H2;2*1-6H;1-4H. The molecule has 3 atom stereocenters. The minimum Gasteiger partial charge on any atom is -0.384 e. The van der Waals surface area contributed by atoms with Crippen LogP contribution in [0.2, 0.25) is 0 Å². The molecule has 16 aromatic carbocycles. The number of carbonyl (C=O) groups is 2. The van der Waals surface area contributed by atoms with Crippen LogP contribution in [0.4, 0.5) is 0 Å². The van der Waals surface area contributed by atoms with E-state index in [0.717, 1.165) is 83.1 Å². The van der Waals surface area contributed by atoms with Crippen molar-refractivity contribution in [2.45, 2.75) is 35.6 Å². The molecule has 0 amide bonds. The number of aldehydes is 2. The number of halogens is 6. The van der Waals surface area contributed by atoms with Crippen molar-refractivity contribution in [3.8, 4) is 0 Å². The smallest absolute Gasteiger partial charge is 0.150 e. The number of aliphatic hydroxyl groups is 1. The van der Waals surface area contributed by atoms with Crippen LogP contribution in [-0.2, 0) is 19.3 Å². The van der Waals surface area contributed by atoms with Gasteiger partial charge in [0.2, 0.25) is 0 Å². The van der Waals surface area contributed by atoms with Crippen LogP contribution in [0, 0.1) is 0 Å². The Labute approximate surface area is 725 Å². The number of benzene rings is 16. The Balaban J connectivity index is 0.000000154. The molecule has 0 saturated carbocycles. The van der Waals surface area contributed by atoms with E-state index >= 15 is 0 Å². The van der Waals surface area contributed by atoms with Crippen LogP contribution in [0.5, 0.6) is 0 Å². The third-order valence-corrected chi connectivity index (χ3v) is 21.2. The fourth-order valence-electron chi connectivity index (χ4n) is 11.5. The van der Waals surface area contributed by atoms with Crippen LogP contribution >= 0.6 is 91.3 Å². The highest BCUT2D eigenvalue weighted by atomic mass is 79.9. The Morgan fingerprint density at radius 2 is 0.435 bits per heavy atom. The lowest BCUT2D eigenvalue weighted by Crippen LogP contribution is -2.07. The number of hydrogen-bond acceptors (Lipinski definition) is 3. The summed E-state index contributed by atoms with van der Waals surface area (Å²) in [5.41, 5.74) is 18.6. The van der Waals surface area contributed by atoms with Crippen molar-refractivity contribution in [2.75, 3.05) is 0 Å². The summed E-state index contributed by atoms with van der Waals surface area (Å²) < 4.78 is 4.38. The van der Waals surface area contributed by atoms with Gasteiger partial charge < -0.3 is 5.11 Å². The first kappa shape index (κ1) is 88.2. The van der Waals surface area contributed by atoms with Gasteiger partial charge in [0.15, 0.2) is 0 Å². The summed E-state index contributed by atoms with van der Waals surface area (Å²) in [7, 11) is 0. The predicted octanol–water partition coefficient (Wildman–Crippen LogP) is 28.5. The molecule has 16 aromatic rings. The summed E-state index contributed by atoms with van der Waals surface area (Å²) in [6.45, 7) is 0. The zero-order valence-electron chi connectivity index (χ0n) is 63.4. The van der Waals surface area contributed by atoms with Gasteiger partial charge in [-0.3, -0.25) is 9.59 Å². The monoisotopic (exact) mass is 1840 g/mol. The van der Waals surface area contributed by atoms with Crippen LogP contribution in [-0.4, -0.2) is 17.7 Å². The topological polar surface area (TPSA) is 54.4 Å². The van der Waals surface area contributed by atoms with Gasteiger partial charge in [-0.1, -0.05) is 480 Å². The van der Waals surface area contributed by atoms with E-state index in [-0.39, 0.29) is 10.2 Å². The van der Waals surface area contributed by atoms with E-state index in [2.05, 4.69) is 353 Å². The van der Waals surface area contributed by atoms with Gasteiger partial charge in [0.25, 0.3) is 0 Å². The van der Waals surface area contributed by atoms with Crippen molar-refractivity contribution in [3.05, 3.63) is 566 Å². The second-order valence-electron chi connectivity index (χ2n) is 26.3. The number of rotatable bonds is 16. The van der Waals surface area contributed by atoms with E-state index in [0.29, 0.717) is 0 Å². The minimum atomic E-state index is -0.542. The van der Waals surface area contributed by atoms with Crippen LogP contribution in [0.1, 0.15) is 115 Å².